The van der Waals surface area contributed by atoms with Crippen LogP contribution in [0.4, 0.5) is 0 Å². The molecule has 1 unspecified atom stereocenters. The van der Waals surface area contributed by atoms with Crippen LogP contribution in [0.5, 0.6) is 5.75 Å². The molecule has 0 saturated carbocycles. The number of carbonyl (C=O) groups excluding carboxylic acids is 1. The third-order valence-corrected chi connectivity index (χ3v) is 5.18. The summed E-state index contributed by atoms with van der Waals surface area (Å²) in [5, 5.41) is 3.79. The van der Waals surface area contributed by atoms with Gasteiger partial charge in [-0.1, -0.05) is 5.16 Å². The van der Waals surface area contributed by atoms with E-state index in [-0.39, 0.29) is 12.5 Å². The molecule has 28 heavy (non-hydrogen) atoms. The van der Waals surface area contributed by atoms with Crippen LogP contribution in [0.15, 0.2) is 28.8 Å². The molecule has 2 aliphatic rings. The van der Waals surface area contributed by atoms with Crippen molar-refractivity contribution in [1.82, 2.24) is 19.9 Å². The second-order valence-electron chi connectivity index (χ2n) is 7.27. The molecule has 1 atom stereocenters. The van der Waals surface area contributed by atoms with Crippen LogP contribution in [-0.2, 0) is 11.3 Å². The minimum absolute atomic E-state index is 0.0668. The van der Waals surface area contributed by atoms with E-state index in [1.54, 1.807) is 31.2 Å². The Bertz CT molecular complexity index is 778. The molecule has 8 heteroatoms. The topological polar surface area (TPSA) is 80.9 Å². The second kappa shape index (κ2) is 8.70. The van der Waals surface area contributed by atoms with E-state index in [4.69, 9.17) is 14.0 Å². The zero-order chi connectivity index (χ0) is 19.3. The normalized spacial score (nSPS) is 20.5. The van der Waals surface area contributed by atoms with E-state index in [1.165, 1.54) is 0 Å². The van der Waals surface area contributed by atoms with Crippen LogP contribution in [0, 0.1) is 6.92 Å². The van der Waals surface area contributed by atoms with Gasteiger partial charge in [0.2, 0.25) is 11.7 Å². The molecule has 2 aromatic rings. The Morgan fingerprint density at radius 2 is 2.00 bits per heavy atom. The third-order valence-electron chi connectivity index (χ3n) is 5.18. The number of amides is 1. The van der Waals surface area contributed by atoms with Crippen LogP contribution < -0.4 is 4.74 Å². The Balaban J connectivity index is 1.25. The Morgan fingerprint density at radius 1 is 1.21 bits per heavy atom. The highest BCUT2D eigenvalue weighted by atomic mass is 16.5. The summed E-state index contributed by atoms with van der Waals surface area (Å²) in [7, 11) is 0. The lowest BCUT2D eigenvalue weighted by molar-refractivity contribution is 0.0432. The van der Waals surface area contributed by atoms with Gasteiger partial charge in [-0.3, -0.25) is 9.69 Å². The lowest BCUT2D eigenvalue weighted by atomic mass is 10.1. The standard InChI is InChI=1S/C20H26N4O4/c1-15-21-19(22-28-15)14-27-17-6-4-16(5-7-17)20(25)24-10-8-23(9-11-24)13-18-3-2-12-26-18/h4-7,18H,2-3,8-14H2,1H3. The SMILES string of the molecule is Cc1nc(COc2ccc(C(=O)N3CCN(CC4CCCO4)CC3)cc2)no1. The van der Waals surface area contributed by atoms with Gasteiger partial charge >= 0.3 is 0 Å². The largest absolute Gasteiger partial charge is 0.485 e. The van der Waals surface area contributed by atoms with Crippen LogP contribution in [-0.4, -0.2) is 71.3 Å². The molecule has 3 heterocycles. The van der Waals surface area contributed by atoms with E-state index < -0.39 is 0 Å². The van der Waals surface area contributed by atoms with Crippen molar-refractivity contribution in [2.45, 2.75) is 32.5 Å². The molecule has 0 bridgehead atoms. The van der Waals surface area contributed by atoms with Gasteiger partial charge in [-0.25, -0.2) is 0 Å². The first kappa shape index (κ1) is 18.9. The Morgan fingerprint density at radius 3 is 2.64 bits per heavy atom. The lowest BCUT2D eigenvalue weighted by Crippen LogP contribution is -2.50. The van der Waals surface area contributed by atoms with E-state index >= 15 is 0 Å². The maximum absolute atomic E-state index is 12.8. The first-order chi connectivity index (χ1) is 13.7. The Labute approximate surface area is 164 Å². The van der Waals surface area contributed by atoms with E-state index in [2.05, 4.69) is 15.0 Å². The quantitative estimate of drug-likeness (QED) is 0.750. The lowest BCUT2D eigenvalue weighted by Gasteiger charge is -2.35. The van der Waals surface area contributed by atoms with Crippen molar-refractivity contribution in [2.75, 3.05) is 39.3 Å². The molecular formula is C20H26N4O4. The maximum Gasteiger partial charge on any atom is 0.253 e. The summed E-state index contributed by atoms with van der Waals surface area (Å²) in [6.45, 7) is 7.14. The minimum atomic E-state index is 0.0668. The van der Waals surface area contributed by atoms with E-state index in [9.17, 15) is 4.79 Å². The van der Waals surface area contributed by atoms with E-state index in [1.807, 2.05) is 4.90 Å². The van der Waals surface area contributed by atoms with Gasteiger partial charge in [-0.15, -0.1) is 0 Å². The number of rotatable bonds is 6. The van der Waals surface area contributed by atoms with Crippen LogP contribution in [0.2, 0.25) is 0 Å². The van der Waals surface area contributed by atoms with Crippen molar-refractivity contribution < 1.29 is 18.8 Å². The Kier molecular flexibility index (Phi) is 5.87. The molecule has 0 N–H and O–H groups in total. The van der Waals surface area contributed by atoms with Gasteiger partial charge in [-0.2, -0.15) is 4.98 Å². The first-order valence-electron chi connectivity index (χ1n) is 9.82. The molecule has 1 aromatic carbocycles. The van der Waals surface area contributed by atoms with Gasteiger partial charge in [0.05, 0.1) is 6.10 Å². The van der Waals surface area contributed by atoms with Crippen LogP contribution >= 0.6 is 0 Å². The summed E-state index contributed by atoms with van der Waals surface area (Å²) in [6, 6.07) is 7.21. The zero-order valence-electron chi connectivity index (χ0n) is 16.2. The number of nitrogens with zero attached hydrogens (tertiary/aromatic N) is 4. The molecule has 2 fully saturated rings. The molecule has 4 rings (SSSR count). The van der Waals surface area contributed by atoms with Crippen LogP contribution in [0.3, 0.4) is 0 Å². The summed E-state index contributed by atoms with van der Waals surface area (Å²) in [4.78, 5) is 21.2. The summed E-state index contributed by atoms with van der Waals surface area (Å²) in [5.74, 6) is 1.74. The van der Waals surface area contributed by atoms with Crippen molar-refractivity contribution in [2.24, 2.45) is 0 Å². The van der Waals surface area contributed by atoms with Gasteiger partial charge in [-0.05, 0) is 37.1 Å². The molecule has 1 aromatic heterocycles. The van der Waals surface area contributed by atoms with Crippen molar-refractivity contribution in [1.29, 1.82) is 0 Å². The maximum atomic E-state index is 12.8. The fourth-order valence-corrected chi connectivity index (χ4v) is 3.63. The molecule has 2 saturated heterocycles. The molecule has 1 amide bonds. The Hall–Kier alpha value is -2.45. The molecule has 8 nitrogen and oxygen atoms in total. The second-order valence-corrected chi connectivity index (χ2v) is 7.27. The predicted octanol–water partition coefficient (Wildman–Crippen LogP) is 1.89. The first-order valence-corrected chi connectivity index (χ1v) is 9.82. The molecule has 150 valence electrons. The van der Waals surface area contributed by atoms with Gasteiger partial charge < -0.3 is 18.9 Å². The predicted molar refractivity (Wildman–Crippen MR) is 101 cm³/mol. The molecule has 0 spiro atoms. The van der Waals surface area contributed by atoms with Gasteiger partial charge in [0.1, 0.15) is 5.75 Å². The van der Waals surface area contributed by atoms with E-state index in [0.717, 1.165) is 52.2 Å². The number of carbonyl (C=O) groups is 1. The van der Waals surface area contributed by atoms with Crippen molar-refractivity contribution >= 4 is 5.91 Å². The average molecular weight is 386 g/mol. The monoisotopic (exact) mass is 386 g/mol. The zero-order valence-corrected chi connectivity index (χ0v) is 16.2. The number of aryl methyl sites for hydroxylation is 1. The van der Waals surface area contributed by atoms with Crippen molar-refractivity contribution in [3.63, 3.8) is 0 Å². The molecule has 0 radical (unpaired) electrons. The number of piperazine rings is 1. The van der Waals surface area contributed by atoms with Crippen molar-refractivity contribution in [3.05, 3.63) is 41.5 Å². The summed E-state index contributed by atoms with van der Waals surface area (Å²) in [5.41, 5.74) is 0.676. The number of aromatic nitrogens is 2. The summed E-state index contributed by atoms with van der Waals surface area (Å²) < 4.78 is 16.3. The molecular weight excluding hydrogens is 360 g/mol. The smallest absolute Gasteiger partial charge is 0.253 e. The fourth-order valence-electron chi connectivity index (χ4n) is 3.63. The summed E-state index contributed by atoms with van der Waals surface area (Å²) in [6.07, 6.45) is 2.68. The number of ether oxygens (including phenoxy) is 2. The summed E-state index contributed by atoms with van der Waals surface area (Å²) >= 11 is 0. The number of benzene rings is 1. The molecule has 0 aliphatic carbocycles. The highest BCUT2D eigenvalue weighted by molar-refractivity contribution is 5.94. The average Bonchev–Trinajstić information content (AvgIpc) is 3.38. The van der Waals surface area contributed by atoms with E-state index in [0.29, 0.717) is 29.1 Å². The fraction of sp³-hybridized carbons (Fsp3) is 0.550. The third kappa shape index (κ3) is 4.69. The minimum Gasteiger partial charge on any atom is -0.485 e. The van der Waals surface area contributed by atoms with Crippen molar-refractivity contribution in [3.8, 4) is 5.75 Å². The van der Waals surface area contributed by atoms with Crippen LogP contribution in [0.1, 0.15) is 34.9 Å². The molecule has 2 aliphatic heterocycles. The highest BCUT2D eigenvalue weighted by Gasteiger charge is 2.25. The van der Waals surface area contributed by atoms with Crippen LogP contribution in [0.25, 0.3) is 0 Å². The highest BCUT2D eigenvalue weighted by Crippen LogP contribution is 2.17. The van der Waals surface area contributed by atoms with Gasteiger partial charge in [0.25, 0.3) is 5.91 Å². The number of hydrogen-bond donors (Lipinski definition) is 0. The van der Waals surface area contributed by atoms with Gasteiger partial charge in [0.15, 0.2) is 6.61 Å². The van der Waals surface area contributed by atoms with Gasteiger partial charge in [0, 0.05) is 51.8 Å². The number of hydrogen-bond acceptors (Lipinski definition) is 7.